The number of fused-ring (bicyclic) bond motifs is 2. The van der Waals surface area contributed by atoms with Crippen molar-refractivity contribution in [1.82, 2.24) is 24.4 Å². The summed E-state index contributed by atoms with van der Waals surface area (Å²) in [5.41, 5.74) is 7.62. The summed E-state index contributed by atoms with van der Waals surface area (Å²) < 4.78 is 3.78. The highest BCUT2D eigenvalue weighted by molar-refractivity contribution is 6.36. The van der Waals surface area contributed by atoms with E-state index < -0.39 is 0 Å². The molecule has 0 fully saturated rings. The second-order valence-electron chi connectivity index (χ2n) is 12.6. The molecule has 1 aliphatic carbocycles. The van der Waals surface area contributed by atoms with E-state index in [1.807, 2.05) is 67.4 Å². The monoisotopic (exact) mass is 643 g/mol. The fourth-order valence-electron chi connectivity index (χ4n) is 6.98. The van der Waals surface area contributed by atoms with Gasteiger partial charge in [0.05, 0.1) is 28.2 Å². The van der Waals surface area contributed by atoms with Gasteiger partial charge in [-0.1, -0.05) is 35.9 Å². The van der Waals surface area contributed by atoms with Crippen LogP contribution < -0.4 is 16.0 Å². The van der Waals surface area contributed by atoms with E-state index in [2.05, 4.69) is 20.9 Å². The van der Waals surface area contributed by atoms with Gasteiger partial charge < -0.3 is 30.2 Å². The van der Waals surface area contributed by atoms with Crippen LogP contribution in [0.25, 0.3) is 11.1 Å². The highest BCUT2D eigenvalue weighted by atomic mass is 35.5. The lowest BCUT2D eigenvalue weighted by molar-refractivity contribution is 0.100. The number of rotatable bonds is 7. The molecule has 2 aromatic carbocycles. The van der Waals surface area contributed by atoms with Crippen LogP contribution in [0.3, 0.4) is 0 Å². The molecule has 3 heterocycles. The summed E-state index contributed by atoms with van der Waals surface area (Å²) in [5.74, 6) is 0.615. The summed E-state index contributed by atoms with van der Waals surface area (Å²) >= 11 is 6.92. The van der Waals surface area contributed by atoms with E-state index in [0.29, 0.717) is 40.5 Å². The predicted molar refractivity (Wildman–Crippen MR) is 180 cm³/mol. The molecule has 0 saturated heterocycles. The molecule has 2 aromatic heterocycles. The Morgan fingerprint density at radius 3 is 2.26 bits per heavy atom. The van der Waals surface area contributed by atoms with Crippen molar-refractivity contribution in [2.75, 3.05) is 17.2 Å². The number of anilines is 2. The molecule has 11 heteroatoms. The summed E-state index contributed by atoms with van der Waals surface area (Å²) in [4.78, 5) is 36.2. The summed E-state index contributed by atoms with van der Waals surface area (Å²) in [5, 5.41) is 19.6. The van der Waals surface area contributed by atoms with Crippen LogP contribution in [0, 0.1) is 12.8 Å². The minimum atomic E-state index is -0.323. The maximum absolute atomic E-state index is 13.6. The molecule has 1 aliphatic heterocycles. The first kappa shape index (κ1) is 32.0. The van der Waals surface area contributed by atoms with Gasteiger partial charge in [-0.25, -0.2) is 9.97 Å². The topological polar surface area (TPSA) is 126 Å². The molecular weight excluding hydrogens is 602 g/mol. The van der Waals surface area contributed by atoms with Gasteiger partial charge in [-0.05, 0) is 81.5 Å². The third kappa shape index (κ3) is 6.34. The standard InChI is InChI=1S/C35H42ClN7O3/c1-20(44)18-22-8-5-12-26-29(15-14-22)42(3)32(38-26)34(45)40-25-11-6-9-23(21(25)2)24-10-7-13-27(31(24)36)41-35(46)33-39-28-19-37-17-16-30(28)43(33)4/h6-7,9-11,13,20,22,37,44H,5,8,12,14-19H2,1-4H3,(H,40,45)(H,41,46)/t20-,22?/m0/s1. The second-order valence-corrected chi connectivity index (χ2v) is 13.0. The number of nitrogens with zero attached hydrogens (tertiary/aromatic N) is 4. The fourth-order valence-corrected chi connectivity index (χ4v) is 7.26. The van der Waals surface area contributed by atoms with Crippen LogP contribution in [-0.2, 0) is 39.9 Å². The molecule has 46 heavy (non-hydrogen) atoms. The van der Waals surface area contributed by atoms with E-state index in [1.165, 1.54) is 0 Å². The van der Waals surface area contributed by atoms with E-state index in [9.17, 15) is 14.7 Å². The molecule has 10 nitrogen and oxygen atoms in total. The number of nitrogens with one attached hydrogen (secondary N) is 3. The van der Waals surface area contributed by atoms with E-state index >= 15 is 0 Å². The zero-order valence-electron chi connectivity index (χ0n) is 26.9. The average Bonchev–Trinajstić information content (AvgIpc) is 3.52. The maximum Gasteiger partial charge on any atom is 0.291 e. The average molecular weight is 644 g/mol. The first-order valence-corrected chi connectivity index (χ1v) is 16.5. The van der Waals surface area contributed by atoms with Gasteiger partial charge in [0.15, 0.2) is 11.6 Å². The van der Waals surface area contributed by atoms with Crippen molar-refractivity contribution in [3.05, 3.63) is 81.4 Å². The van der Waals surface area contributed by atoms with Gasteiger partial charge in [0, 0.05) is 56.2 Å². The highest BCUT2D eigenvalue weighted by Crippen LogP contribution is 2.38. The smallest absolute Gasteiger partial charge is 0.291 e. The van der Waals surface area contributed by atoms with Crippen LogP contribution in [0.15, 0.2) is 36.4 Å². The number of hydrogen-bond acceptors (Lipinski definition) is 6. The van der Waals surface area contributed by atoms with Crippen LogP contribution in [0.5, 0.6) is 0 Å². The third-order valence-corrected chi connectivity index (χ3v) is 9.85. The highest BCUT2D eigenvalue weighted by Gasteiger charge is 2.25. The number of carbonyl (C=O) groups excluding carboxylic acids is 2. The maximum atomic E-state index is 13.6. The predicted octanol–water partition coefficient (Wildman–Crippen LogP) is 5.59. The van der Waals surface area contributed by atoms with Crippen molar-refractivity contribution < 1.29 is 14.7 Å². The van der Waals surface area contributed by atoms with Crippen molar-refractivity contribution in [3.8, 4) is 11.1 Å². The third-order valence-electron chi connectivity index (χ3n) is 9.44. The van der Waals surface area contributed by atoms with Gasteiger partial charge in [-0.15, -0.1) is 0 Å². The Balaban J connectivity index is 1.21. The second kappa shape index (κ2) is 13.4. The van der Waals surface area contributed by atoms with Crippen molar-refractivity contribution in [1.29, 1.82) is 0 Å². The van der Waals surface area contributed by atoms with E-state index in [0.717, 1.165) is 91.0 Å². The molecule has 1 unspecified atom stereocenters. The molecule has 6 rings (SSSR count). The number of amides is 2. The molecule has 242 valence electrons. The lowest BCUT2D eigenvalue weighted by atomic mass is 9.88. The van der Waals surface area contributed by atoms with E-state index in [-0.39, 0.29) is 17.9 Å². The summed E-state index contributed by atoms with van der Waals surface area (Å²) in [7, 11) is 3.77. The molecule has 0 saturated carbocycles. The van der Waals surface area contributed by atoms with Crippen LogP contribution in [0.2, 0.25) is 5.02 Å². The first-order valence-electron chi connectivity index (χ1n) is 16.1. The quantitative estimate of drug-likeness (QED) is 0.208. The van der Waals surface area contributed by atoms with Crippen molar-refractivity contribution in [3.63, 3.8) is 0 Å². The molecule has 2 atom stereocenters. The molecule has 2 aliphatic rings. The number of benzene rings is 2. The van der Waals surface area contributed by atoms with Gasteiger partial charge >= 0.3 is 0 Å². The van der Waals surface area contributed by atoms with Gasteiger partial charge in [-0.3, -0.25) is 9.59 Å². The Morgan fingerprint density at radius 1 is 0.935 bits per heavy atom. The number of aromatic nitrogens is 4. The minimum Gasteiger partial charge on any atom is -0.393 e. The van der Waals surface area contributed by atoms with Crippen LogP contribution in [-0.4, -0.2) is 48.7 Å². The molecule has 0 spiro atoms. The summed E-state index contributed by atoms with van der Waals surface area (Å²) in [6.07, 6.45) is 6.01. The Labute approximate surface area is 274 Å². The van der Waals surface area contributed by atoms with Gasteiger partial charge in [0.2, 0.25) is 0 Å². The van der Waals surface area contributed by atoms with E-state index in [1.54, 1.807) is 6.07 Å². The summed E-state index contributed by atoms with van der Waals surface area (Å²) in [6.45, 7) is 5.30. The zero-order valence-corrected chi connectivity index (χ0v) is 27.7. The van der Waals surface area contributed by atoms with Crippen molar-refractivity contribution in [2.24, 2.45) is 20.0 Å². The number of halogens is 1. The normalized spacial score (nSPS) is 17.0. The van der Waals surface area contributed by atoms with Crippen LogP contribution in [0.4, 0.5) is 11.4 Å². The van der Waals surface area contributed by atoms with Gasteiger partial charge in [-0.2, -0.15) is 0 Å². The molecule has 2 amide bonds. The van der Waals surface area contributed by atoms with Gasteiger partial charge in [0.25, 0.3) is 11.8 Å². The van der Waals surface area contributed by atoms with Crippen molar-refractivity contribution in [2.45, 2.75) is 71.4 Å². The number of imidazole rings is 2. The largest absolute Gasteiger partial charge is 0.393 e. The Hall–Kier alpha value is -3.99. The fraction of sp³-hybridized carbons (Fsp3) is 0.429. The van der Waals surface area contributed by atoms with Crippen LogP contribution in [0.1, 0.15) is 82.2 Å². The molecular formula is C35H42ClN7O3. The number of aliphatic hydroxyl groups is 1. The lowest BCUT2D eigenvalue weighted by Gasteiger charge is -2.21. The van der Waals surface area contributed by atoms with Crippen molar-refractivity contribution >= 4 is 34.8 Å². The number of aliphatic hydroxyl groups excluding tert-OH is 1. The summed E-state index contributed by atoms with van der Waals surface area (Å²) in [6, 6.07) is 11.2. The Morgan fingerprint density at radius 2 is 1.57 bits per heavy atom. The lowest BCUT2D eigenvalue weighted by Crippen LogP contribution is -2.24. The Kier molecular flexibility index (Phi) is 9.31. The minimum absolute atomic E-state index is 0.268. The zero-order chi connectivity index (χ0) is 32.5. The Bertz CT molecular complexity index is 1790. The number of aryl methyl sites for hydroxylation is 1. The molecule has 4 N–H and O–H groups in total. The van der Waals surface area contributed by atoms with E-state index in [4.69, 9.17) is 16.6 Å². The number of carbonyl (C=O) groups is 2. The molecule has 0 radical (unpaired) electrons. The SMILES string of the molecule is Cc1c(NC(=O)c2nc3c(n2C)CCC(C[C@H](C)O)CCC3)cccc1-c1cccc(NC(=O)c2nc3c(n2C)CCNC3)c1Cl. The van der Waals surface area contributed by atoms with Gasteiger partial charge in [0.1, 0.15) is 0 Å². The van der Waals surface area contributed by atoms with Crippen LogP contribution >= 0.6 is 11.6 Å². The number of hydrogen-bond donors (Lipinski definition) is 4. The molecule has 0 bridgehead atoms. The first-order chi connectivity index (χ1) is 22.1. The molecule has 4 aromatic rings.